The van der Waals surface area contributed by atoms with Crippen molar-refractivity contribution in [3.63, 3.8) is 0 Å². The van der Waals surface area contributed by atoms with Crippen LogP contribution in [0.3, 0.4) is 0 Å². The molecule has 2 heteroatoms. The summed E-state index contributed by atoms with van der Waals surface area (Å²) in [6, 6.07) is 8.90. The van der Waals surface area contributed by atoms with Crippen molar-refractivity contribution in [3.05, 3.63) is 29.8 Å². The molecule has 1 aromatic carbocycles. The molecule has 0 bridgehead atoms. The normalized spacial score (nSPS) is 12.5. The molecule has 0 aliphatic carbocycles. The van der Waals surface area contributed by atoms with Gasteiger partial charge in [0.2, 0.25) is 0 Å². The maximum Gasteiger partial charge on any atom is 0.0663 e. The lowest BCUT2D eigenvalue weighted by Crippen LogP contribution is -2.36. The summed E-state index contributed by atoms with van der Waals surface area (Å²) in [7, 11) is 1.75. The highest BCUT2D eigenvalue weighted by Crippen LogP contribution is 2.21. The Labute approximate surface area is 92.9 Å². The molecule has 0 heterocycles. The molecule has 0 radical (unpaired) electrons. The van der Waals surface area contributed by atoms with Gasteiger partial charge in [0, 0.05) is 25.4 Å². The fourth-order valence-corrected chi connectivity index (χ4v) is 1.94. The Morgan fingerprint density at radius 3 is 2.53 bits per heavy atom. The van der Waals surface area contributed by atoms with E-state index in [1.807, 2.05) is 0 Å². The number of hydrogen-bond donors (Lipinski definition) is 0. The van der Waals surface area contributed by atoms with Gasteiger partial charge in [-0.15, -0.1) is 0 Å². The number of ether oxygens (including phenoxy) is 1. The molecule has 0 aliphatic rings. The van der Waals surface area contributed by atoms with E-state index < -0.39 is 0 Å². The Hall–Kier alpha value is -1.02. The number of benzene rings is 1. The molecule has 1 aromatic rings. The van der Waals surface area contributed by atoms with Crippen LogP contribution in [0.1, 0.15) is 19.4 Å². The lowest BCUT2D eigenvalue weighted by Gasteiger charge is -2.31. The maximum absolute atomic E-state index is 5.21. The molecule has 1 rings (SSSR count). The van der Waals surface area contributed by atoms with Crippen molar-refractivity contribution in [1.29, 1.82) is 0 Å². The van der Waals surface area contributed by atoms with Crippen LogP contribution in [0.15, 0.2) is 24.3 Å². The predicted octanol–water partition coefficient (Wildman–Crippen LogP) is 2.86. The number of nitrogens with zero attached hydrogens (tertiary/aromatic N) is 1. The zero-order valence-electron chi connectivity index (χ0n) is 10.2. The Morgan fingerprint density at radius 2 is 2.00 bits per heavy atom. The first kappa shape index (κ1) is 12.1. The maximum atomic E-state index is 5.21. The van der Waals surface area contributed by atoms with E-state index in [1.165, 1.54) is 11.3 Å². The average molecular weight is 207 g/mol. The summed E-state index contributed by atoms with van der Waals surface area (Å²) in [5.41, 5.74) is 2.63. The molecule has 0 fully saturated rings. The SMILES string of the molecule is CCN(c1ccccc1C)C(C)COC. The van der Waals surface area contributed by atoms with Gasteiger partial charge in [0.1, 0.15) is 0 Å². The van der Waals surface area contributed by atoms with Gasteiger partial charge in [0.05, 0.1) is 6.61 Å². The summed E-state index contributed by atoms with van der Waals surface area (Å²) < 4.78 is 5.21. The van der Waals surface area contributed by atoms with Gasteiger partial charge in [-0.05, 0) is 32.4 Å². The fourth-order valence-electron chi connectivity index (χ4n) is 1.94. The Bertz CT molecular complexity index is 298. The smallest absolute Gasteiger partial charge is 0.0663 e. The van der Waals surface area contributed by atoms with Crippen LogP contribution in [0.2, 0.25) is 0 Å². The summed E-state index contributed by atoms with van der Waals surface area (Å²) in [5.74, 6) is 0. The van der Waals surface area contributed by atoms with E-state index in [0.717, 1.165) is 13.2 Å². The van der Waals surface area contributed by atoms with Gasteiger partial charge in [-0.25, -0.2) is 0 Å². The second-order valence-corrected chi connectivity index (χ2v) is 3.88. The Balaban J connectivity index is 2.87. The van der Waals surface area contributed by atoms with Gasteiger partial charge in [0.15, 0.2) is 0 Å². The molecular formula is C13H21NO. The summed E-state index contributed by atoms with van der Waals surface area (Å²) >= 11 is 0. The highest BCUT2D eigenvalue weighted by atomic mass is 16.5. The van der Waals surface area contributed by atoms with Crippen molar-refractivity contribution in [2.75, 3.05) is 25.2 Å². The second kappa shape index (κ2) is 5.76. The predicted molar refractivity (Wildman–Crippen MR) is 65.5 cm³/mol. The largest absolute Gasteiger partial charge is 0.383 e. The molecule has 0 amide bonds. The average Bonchev–Trinajstić information content (AvgIpc) is 2.22. The van der Waals surface area contributed by atoms with Gasteiger partial charge < -0.3 is 9.64 Å². The number of anilines is 1. The first-order valence-electron chi connectivity index (χ1n) is 5.52. The Morgan fingerprint density at radius 1 is 1.33 bits per heavy atom. The monoisotopic (exact) mass is 207 g/mol. The minimum atomic E-state index is 0.418. The quantitative estimate of drug-likeness (QED) is 0.736. The minimum Gasteiger partial charge on any atom is -0.383 e. The van der Waals surface area contributed by atoms with Gasteiger partial charge in [-0.3, -0.25) is 0 Å². The number of aryl methyl sites for hydroxylation is 1. The molecule has 1 atom stereocenters. The standard InChI is InChI=1S/C13H21NO/c1-5-14(12(3)10-15-4)13-9-7-6-8-11(13)2/h6-9,12H,5,10H2,1-4H3. The van der Waals surface area contributed by atoms with E-state index in [2.05, 4.69) is 49.9 Å². The van der Waals surface area contributed by atoms with E-state index in [4.69, 9.17) is 4.74 Å². The van der Waals surface area contributed by atoms with Crippen molar-refractivity contribution in [2.45, 2.75) is 26.8 Å². The van der Waals surface area contributed by atoms with E-state index in [0.29, 0.717) is 6.04 Å². The van der Waals surface area contributed by atoms with Crippen LogP contribution >= 0.6 is 0 Å². The number of hydrogen-bond acceptors (Lipinski definition) is 2. The van der Waals surface area contributed by atoms with Crippen molar-refractivity contribution in [2.24, 2.45) is 0 Å². The molecule has 84 valence electrons. The van der Waals surface area contributed by atoms with Gasteiger partial charge in [0.25, 0.3) is 0 Å². The van der Waals surface area contributed by atoms with Crippen molar-refractivity contribution in [1.82, 2.24) is 0 Å². The highest BCUT2D eigenvalue weighted by molar-refractivity contribution is 5.53. The Kier molecular flexibility index (Phi) is 4.63. The molecule has 0 spiro atoms. The fraction of sp³-hybridized carbons (Fsp3) is 0.538. The summed E-state index contributed by atoms with van der Waals surface area (Å²) in [6.07, 6.45) is 0. The van der Waals surface area contributed by atoms with Crippen LogP contribution in [0.25, 0.3) is 0 Å². The summed E-state index contributed by atoms with van der Waals surface area (Å²) in [4.78, 5) is 2.37. The lowest BCUT2D eigenvalue weighted by molar-refractivity contribution is 0.182. The molecule has 0 aliphatic heterocycles. The third kappa shape index (κ3) is 2.96. The van der Waals surface area contributed by atoms with Crippen molar-refractivity contribution >= 4 is 5.69 Å². The first-order chi connectivity index (χ1) is 7.20. The van der Waals surface area contributed by atoms with Crippen LogP contribution in [0.4, 0.5) is 5.69 Å². The van der Waals surface area contributed by atoms with E-state index >= 15 is 0 Å². The molecule has 15 heavy (non-hydrogen) atoms. The van der Waals surface area contributed by atoms with Crippen LogP contribution in [0.5, 0.6) is 0 Å². The molecule has 0 N–H and O–H groups in total. The number of para-hydroxylation sites is 1. The van der Waals surface area contributed by atoms with Crippen LogP contribution in [-0.4, -0.2) is 26.3 Å². The third-order valence-electron chi connectivity index (χ3n) is 2.71. The molecule has 0 saturated carbocycles. The topological polar surface area (TPSA) is 12.5 Å². The van der Waals surface area contributed by atoms with Gasteiger partial charge in [-0.2, -0.15) is 0 Å². The van der Waals surface area contributed by atoms with Crippen LogP contribution in [-0.2, 0) is 4.74 Å². The van der Waals surface area contributed by atoms with E-state index in [1.54, 1.807) is 7.11 Å². The number of likely N-dealkylation sites (N-methyl/N-ethyl adjacent to an activating group) is 1. The highest BCUT2D eigenvalue weighted by Gasteiger charge is 2.13. The first-order valence-corrected chi connectivity index (χ1v) is 5.52. The summed E-state index contributed by atoms with van der Waals surface area (Å²) in [6.45, 7) is 8.30. The third-order valence-corrected chi connectivity index (χ3v) is 2.71. The zero-order chi connectivity index (χ0) is 11.3. The second-order valence-electron chi connectivity index (χ2n) is 3.88. The van der Waals surface area contributed by atoms with Gasteiger partial charge in [-0.1, -0.05) is 18.2 Å². The summed E-state index contributed by atoms with van der Waals surface area (Å²) in [5, 5.41) is 0. The van der Waals surface area contributed by atoms with Crippen molar-refractivity contribution in [3.8, 4) is 0 Å². The van der Waals surface area contributed by atoms with Crippen molar-refractivity contribution < 1.29 is 4.74 Å². The zero-order valence-corrected chi connectivity index (χ0v) is 10.2. The van der Waals surface area contributed by atoms with Crippen LogP contribution < -0.4 is 4.90 Å². The van der Waals surface area contributed by atoms with E-state index in [9.17, 15) is 0 Å². The molecule has 0 aromatic heterocycles. The minimum absolute atomic E-state index is 0.418. The lowest BCUT2D eigenvalue weighted by atomic mass is 10.1. The molecule has 1 unspecified atom stereocenters. The van der Waals surface area contributed by atoms with E-state index in [-0.39, 0.29) is 0 Å². The number of rotatable bonds is 5. The van der Waals surface area contributed by atoms with Gasteiger partial charge >= 0.3 is 0 Å². The molecule has 2 nitrogen and oxygen atoms in total. The van der Waals surface area contributed by atoms with Crippen LogP contribution in [0, 0.1) is 6.92 Å². The molecule has 0 saturated heterocycles. The number of methoxy groups -OCH3 is 1. The molecular weight excluding hydrogens is 186 g/mol.